The van der Waals surface area contributed by atoms with E-state index >= 15 is 0 Å². The molecule has 1 aromatic carbocycles. The average molecular weight is 274 g/mol. The van der Waals surface area contributed by atoms with Crippen molar-refractivity contribution in [2.75, 3.05) is 31.1 Å². The lowest BCUT2D eigenvalue weighted by Gasteiger charge is -2.34. The maximum Gasteiger partial charge on any atom is 0.119 e. The SMILES string of the molecule is CC(C)Oc1ccc(N2CCC3(CCNCC3)C2)cc1. The molecule has 3 nitrogen and oxygen atoms in total. The molecule has 1 N–H and O–H groups in total. The number of rotatable bonds is 3. The van der Waals surface area contributed by atoms with Crippen molar-refractivity contribution in [2.45, 2.75) is 39.2 Å². The summed E-state index contributed by atoms with van der Waals surface area (Å²) >= 11 is 0. The van der Waals surface area contributed by atoms with E-state index < -0.39 is 0 Å². The summed E-state index contributed by atoms with van der Waals surface area (Å²) in [5.74, 6) is 0.972. The van der Waals surface area contributed by atoms with E-state index in [0.717, 1.165) is 5.75 Å². The van der Waals surface area contributed by atoms with Gasteiger partial charge in [-0.15, -0.1) is 0 Å². The molecule has 0 atom stereocenters. The minimum Gasteiger partial charge on any atom is -0.491 e. The molecule has 1 aromatic rings. The van der Waals surface area contributed by atoms with Crippen LogP contribution in [0.15, 0.2) is 24.3 Å². The van der Waals surface area contributed by atoms with Crippen molar-refractivity contribution in [3.05, 3.63) is 24.3 Å². The Bertz CT molecular complexity index is 435. The Morgan fingerprint density at radius 1 is 1.10 bits per heavy atom. The molecule has 0 aliphatic carbocycles. The lowest BCUT2D eigenvalue weighted by Crippen LogP contribution is -2.38. The molecule has 2 fully saturated rings. The first-order chi connectivity index (χ1) is 9.67. The zero-order chi connectivity index (χ0) is 14.0. The molecular formula is C17H26N2O. The lowest BCUT2D eigenvalue weighted by atomic mass is 9.78. The largest absolute Gasteiger partial charge is 0.491 e. The number of nitrogens with one attached hydrogen (secondary N) is 1. The highest BCUT2D eigenvalue weighted by atomic mass is 16.5. The van der Waals surface area contributed by atoms with Crippen LogP contribution in [-0.4, -0.2) is 32.3 Å². The molecule has 2 heterocycles. The third-order valence-electron chi connectivity index (χ3n) is 4.68. The van der Waals surface area contributed by atoms with Gasteiger partial charge in [0.25, 0.3) is 0 Å². The Hall–Kier alpha value is -1.22. The molecule has 2 saturated heterocycles. The highest BCUT2D eigenvalue weighted by molar-refractivity contribution is 5.50. The van der Waals surface area contributed by atoms with Crippen LogP contribution in [0.25, 0.3) is 0 Å². The van der Waals surface area contributed by atoms with Crippen LogP contribution >= 0.6 is 0 Å². The molecule has 110 valence electrons. The Morgan fingerprint density at radius 3 is 2.45 bits per heavy atom. The first-order valence-electron chi connectivity index (χ1n) is 7.89. The standard InChI is InChI=1S/C17H26N2O/c1-14(2)20-16-5-3-15(4-6-16)19-12-9-17(13-19)7-10-18-11-8-17/h3-6,14,18H,7-13H2,1-2H3. The van der Waals surface area contributed by atoms with E-state index in [9.17, 15) is 0 Å². The van der Waals surface area contributed by atoms with Crippen LogP contribution in [0.4, 0.5) is 5.69 Å². The normalized spacial score (nSPS) is 21.6. The van der Waals surface area contributed by atoms with Crippen LogP contribution < -0.4 is 15.0 Å². The second kappa shape index (κ2) is 5.65. The summed E-state index contributed by atoms with van der Waals surface area (Å²) in [6.45, 7) is 8.93. The summed E-state index contributed by atoms with van der Waals surface area (Å²) in [4.78, 5) is 2.55. The molecule has 0 aromatic heterocycles. The summed E-state index contributed by atoms with van der Waals surface area (Å²) in [6, 6.07) is 8.61. The molecule has 0 radical (unpaired) electrons. The summed E-state index contributed by atoms with van der Waals surface area (Å²) < 4.78 is 5.71. The van der Waals surface area contributed by atoms with Gasteiger partial charge in [0.15, 0.2) is 0 Å². The molecule has 1 spiro atoms. The molecule has 0 unspecified atom stereocenters. The fraction of sp³-hybridized carbons (Fsp3) is 0.647. The molecule has 20 heavy (non-hydrogen) atoms. The van der Waals surface area contributed by atoms with Gasteiger partial charge in [-0.05, 0) is 75.9 Å². The number of anilines is 1. The van der Waals surface area contributed by atoms with E-state index in [1.54, 1.807) is 0 Å². The zero-order valence-electron chi connectivity index (χ0n) is 12.7. The maximum atomic E-state index is 5.71. The van der Waals surface area contributed by atoms with E-state index in [-0.39, 0.29) is 6.10 Å². The van der Waals surface area contributed by atoms with Gasteiger partial charge >= 0.3 is 0 Å². The molecule has 0 amide bonds. The van der Waals surface area contributed by atoms with Crippen molar-refractivity contribution in [1.82, 2.24) is 5.32 Å². The van der Waals surface area contributed by atoms with Crippen LogP contribution in [0.1, 0.15) is 33.1 Å². The monoisotopic (exact) mass is 274 g/mol. The van der Waals surface area contributed by atoms with Crippen LogP contribution in [0.5, 0.6) is 5.75 Å². The molecular weight excluding hydrogens is 248 g/mol. The van der Waals surface area contributed by atoms with Gasteiger partial charge in [0.1, 0.15) is 5.75 Å². The molecule has 2 aliphatic heterocycles. The van der Waals surface area contributed by atoms with Crippen molar-refractivity contribution in [3.8, 4) is 5.75 Å². The van der Waals surface area contributed by atoms with Gasteiger partial charge in [-0.1, -0.05) is 0 Å². The number of ether oxygens (including phenoxy) is 1. The summed E-state index contributed by atoms with van der Waals surface area (Å²) in [7, 11) is 0. The molecule has 3 heteroatoms. The number of benzene rings is 1. The van der Waals surface area contributed by atoms with Crippen LogP contribution in [-0.2, 0) is 0 Å². The Balaban J connectivity index is 1.65. The lowest BCUT2D eigenvalue weighted by molar-refractivity contribution is 0.232. The number of piperidine rings is 1. The molecule has 0 saturated carbocycles. The van der Waals surface area contributed by atoms with Crippen LogP contribution in [0.3, 0.4) is 0 Å². The Morgan fingerprint density at radius 2 is 1.80 bits per heavy atom. The van der Waals surface area contributed by atoms with Gasteiger partial charge in [-0.25, -0.2) is 0 Å². The van der Waals surface area contributed by atoms with Gasteiger partial charge in [0.05, 0.1) is 6.10 Å². The number of hydrogen-bond acceptors (Lipinski definition) is 3. The van der Waals surface area contributed by atoms with Crippen LogP contribution in [0.2, 0.25) is 0 Å². The summed E-state index contributed by atoms with van der Waals surface area (Å²) in [5.41, 5.74) is 1.91. The van der Waals surface area contributed by atoms with E-state index in [2.05, 4.69) is 48.3 Å². The van der Waals surface area contributed by atoms with Gasteiger partial charge in [-0.3, -0.25) is 0 Å². The van der Waals surface area contributed by atoms with E-state index in [0.29, 0.717) is 5.41 Å². The van der Waals surface area contributed by atoms with E-state index in [1.165, 1.54) is 51.1 Å². The zero-order valence-corrected chi connectivity index (χ0v) is 12.7. The van der Waals surface area contributed by atoms with Crippen molar-refractivity contribution >= 4 is 5.69 Å². The van der Waals surface area contributed by atoms with Crippen molar-refractivity contribution in [3.63, 3.8) is 0 Å². The highest BCUT2D eigenvalue weighted by Gasteiger charge is 2.38. The van der Waals surface area contributed by atoms with Crippen molar-refractivity contribution in [2.24, 2.45) is 5.41 Å². The quantitative estimate of drug-likeness (QED) is 0.917. The Kier molecular flexibility index (Phi) is 3.88. The highest BCUT2D eigenvalue weighted by Crippen LogP contribution is 2.40. The molecule has 3 rings (SSSR count). The van der Waals surface area contributed by atoms with E-state index in [1.807, 2.05) is 0 Å². The molecule has 2 aliphatic rings. The fourth-order valence-electron chi connectivity index (χ4n) is 3.53. The first kappa shape index (κ1) is 13.7. The number of hydrogen-bond donors (Lipinski definition) is 1. The third kappa shape index (κ3) is 2.93. The molecule has 0 bridgehead atoms. The van der Waals surface area contributed by atoms with Crippen LogP contribution in [0, 0.1) is 5.41 Å². The second-order valence-corrected chi connectivity index (χ2v) is 6.58. The third-order valence-corrected chi connectivity index (χ3v) is 4.68. The smallest absolute Gasteiger partial charge is 0.119 e. The summed E-state index contributed by atoms with van der Waals surface area (Å²) in [6.07, 6.45) is 4.25. The number of nitrogens with zero attached hydrogens (tertiary/aromatic N) is 1. The van der Waals surface area contributed by atoms with Crippen molar-refractivity contribution < 1.29 is 4.74 Å². The predicted octanol–water partition coefficient (Wildman–Crippen LogP) is 3.05. The predicted molar refractivity (Wildman–Crippen MR) is 83.6 cm³/mol. The topological polar surface area (TPSA) is 24.5 Å². The summed E-state index contributed by atoms with van der Waals surface area (Å²) in [5, 5.41) is 3.48. The van der Waals surface area contributed by atoms with Gasteiger partial charge in [-0.2, -0.15) is 0 Å². The first-order valence-corrected chi connectivity index (χ1v) is 7.89. The minimum absolute atomic E-state index is 0.241. The van der Waals surface area contributed by atoms with Gasteiger partial charge in [0.2, 0.25) is 0 Å². The minimum atomic E-state index is 0.241. The van der Waals surface area contributed by atoms with Gasteiger partial charge < -0.3 is 15.0 Å². The average Bonchev–Trinajstić information content (AvgIpc) is 2.83. The van der Waals surface area contributed by atoms with E-state index in [4.69, 9.17) is 4.74 Å². The fourth-order valence-corrected chi connectivity index (χ4v) is 3.53. The van der Waals surface area contributed by atoms with Crippen molar-refractivity contribution in [1.29, 1.82) is 0 Å². The maximum absolute atomic E-state index is 5.71. The Labute approximate surface area is 122 Å². The second-order valence-electron chi connectivity index (χ2n) is 6.58. The van der Waals surface area contributed by atoms with Gasteiger partial charge in [0, 0.05) is 18.8 Å².